The van der Waals surface area contributed by atoms with Crippen molar-refractivity contribution < 1.29 is 13.9 Å². The van der Waals surface area contributed by atoms with E-state index in [9.17, 15) is 4.39 Å². The minimum Gasteiger partial charge on any atom is -0.463 e. The van der Waals surface area contributed by atoms with Crippen LogP contribution in [-0.4, -0.2) is 53.8 Å². The zero-order valence-corrected chi connectivity index (χ0v) is 14.6. The maximum atomic E-state index is 13.9. The summed E-state index contributed by atoms with van der Waals surface area (Å²) in [6.07, 6.45) is 1.53. The molecule has 24 heavy (non-hydrogen) atoms. The van der Waals surface area contributed by atoms with Crippen LogP contribution in [0.5, 0.6) is 6.01 Å². The van der Waals surface area contributed by atoms with Crippen LogP contribution in [0.15, 0.2) is 18.3 Å². The summed E-state index contributed by atoms with van der Waals surface area (Å²) in [6, 6.07) is 3.47. The molecule has 0 spiro atoms. The van der Waals surface area contributed by atoms with Gasteiger partial charge in [0.05, 0.1) is 19.8 Å². The first-order chi connectivity index (χ1) is 11.5. The zero-order valence-electron chi connectivity index (χ0n) is 13.8. The van der Waals surface area contributed by atoms with Crippen LogP contribution >= 0.6 is 11.6 Å². The summed E-state index contributed by atoms with van der Waals surface area (Å²) >= 11 is 5.83. The highest BCUT2D eigenvalue weighted by Crippen LogP contribution is 2.22. The van der Waals surface area contributed by atoms with Crippen LogP contribution in [0, 0.1) is 11.7 Å². The summed E-state index contributed by atoms with van der Waals surface area (Å²) < 4.78 is 25.0. The van der Waals surface area contributed by atoms with Crippen molar-refractivity contribution in [3.63, 3.8) is 0 Å². The van der Waals surface area contributed by atoms with Gasteiger partial charge < -0.3 is 9.47 Å². The molecular weight excluding hydrogens is 333 g/mol. The molecule has 7 heteroatoms. The van der Waals surface area contributed by atoms with Crippen molar-refractivity contribution >= 4 is 22.5 Å². The second kappa shape index (κ2) is 7.59. The van der Waals surface area contributed by atoms with Gasteiger partial charge in [0.15, 0.2) is 5.82 Å². The van der Waals surface area contributed by atoms with Gasteiger partial charge in [-0.3, -0.25) is 4.90 Å². The molecule has 5 nitrogen and oxygen atoms in total. The molecule has 1 fully saturated rings. The van der Waals surface area contributed by atoms with Crippen molar-refractivity contribution in [3.05, 3.63) is 29.2 Å². The Labute approximate surface area is 145 Å². The Morgan fingerprint density at radius 3 is 3.12 bits per heavy atom. The fourth-order valence-electron chi connectivity index (χ4n) is 2.82. The molecule has 0 bridgehead atoms. The average Bonchev–Trinajstić information content (AvgIpc) is 2.55. The fourth-order valence-corrected chi connectivity index (χ4v) is 3.04. The van der Waals surface area contributed by atoms with E-state index in [1.54, 1.807) is 6.07 Å². The molecule has 2 atom stereocenters. The highest BCUT2D eigenvalue weighted by molar-refractivity contribution is 6.31. The molecule has 130 valence electrons. The normalized spacial score (nSPS) is 20.2. The topological polar surface area (TPSA) is 47.5 Å². The van der Waals surface area contributed by atoms with E-state index in [1.165, 1.54) is 12.3 Å². The predicted octanol–water partition coefficient (Wildman–Crippen LogP) is 3.16. The SMILES string of the molecule is C[C@@H](COc1ncc2cc(Cl)cc(F)c2n1)CN1CCOC[C@H]1C. The Balaban J connectivity index is 1.60. The monoisotopic (exact) mass is 353 g/mol. The minimum absolute atomic E-state index is 0.186. The number of hydrogen-bond donors (Lipinski definition) is 0. The van der Waals surface area contributed by atoms with Gasteiger partial charge in [0.1, 0.15) is 5.52 Å². The zero-order chi connectivity index (χ0) is 17.1. The number of ether oxygens (including phenoxy) is 2. The number of aromatic nitrogens is 2. The Kier molecular flexibility index (Phi) is 5.48. The van der Waals surface area contributed by atoms with E-state index in [1.807, 2.05) is 0 Å². The van der Waals surface area contributed by atoms with Gasteiger partial charge in [-0.25, -0.2) is 9.37 Å². The summed E-state index contributed by atoms with van der Waals surface area (Å²) in [7, 11) is 0. The van der Waals surface area contributed by atoms with Crippen LogP contribution in [-0.2, 0) is 4.74 Å². The second-order valence-electron chi connectivity index (χ2n) is 6.31. The molecule has 2 aromatic rings. The molecule has 1 aromatic heterocycles. The van der Waals surface area contributed by atoms with E-state index in [-0.39, 0.29) is 11.5 Å². The minimum atomic E-state index is -0.472. The standard InChI is InChI=1S/C17H21ClFN3O2/c1-11(8-22-3-4-23-10-12(22)2)9-24-17-20-7-13-5-14(18)6-15(19)16(13)21-17/h5-7,11-12H,3-4,8-10H2,1-2H3/t11-,12-/m1/s1. The number of hydrogen-bond acceptors (Lipinski definition) is 5. The predicted molar refractivity (Wildman–Crippen MR) is 91.0 cm³/mol. The molecule has 1 saturated heterocycles. The fraction of sp³-hybridized carbons (Fsp3) is 0.529. The van der Waals surface area contributed by atoms with Crippen LogP contribution in [0.1, 0.15) is 13.8 Å². The van der Waals surface area contributed by atoms with Crippen LogP contribution in [0.25, 0.3) is 10.9 Å². The van der Waals surface area contributed by atoms with E-state index in [4.69, 9.17) is 21.1 Å². The third-order valence-corrected chi connectivity index (χ3v) is 4.35. The molecule has 1 aliphatic rings. The van der Waals surface area contributed by atoms with Crippen LogP contribution < -0.4 is 4.74 Å². The van der Waals surface area contributed by atoms with Gasteiger partial charge in [-0.05, 0) is 19.1 Å². The summed E-state index contributed by atoms with van der Waals surface area (Å²) in [5.41, 5.74) is 0.221. The molecule has 0 aliphatic carbocycles. The number of morpholine rings is 1. The van der Waals surface area contributed by atoms with Gasteiger partial charge in [-0.2, -0.15) is 4.98 Å². The largest absolute Gasteiger partial charge is 0.463 e. The van der Waals surface area contributed by atoms with E-state index in [2.05, 4.69) is 28.7 Å². The molecule has 0 saturated carbocycles. The maximum absolute atomic E-state index is 13.9. The third-order valence-electron chi connectivity index (χ3n) is 4.13. The van der Waals surface area contributed by atoms with E-state index < -0.39 is 5.82 Å². The van der Waals surface area contributed by atoms with Crippen LogP contribution in [0.3, 0.4) is 0 Å². The van der Waals surface area contributed by atoms with Crippen molar-refractivity contribution in [2.45, 2.75) is 19.9 Å². The van der Waals surface area contributed by atoms with E-state index in [0.29, 0.717) is 29.0 Å². The molecule has 1 aliphatic heterocycles. The number of fused-ring (bicyclic) bond motifs is 1. The summed E-state index contributed by atoms with van der Waals surface area (Å²) in [4.78, 5) is 10.7. The lowest BCUT2D eigenvalue weighted by Crippen LogP contribution is -2.46. The maximum Gasteiger partial charge on any atom is 0.317 e. The average molecular weight is 354 g/mol. The van der Waals surface area contributed by atoms with Crippen molar-refractivity contribution in [3.8, 4) is 6.01 Å². The number of benzene rings is 1. The summed E-state index contributed by atoms with van der Waals surface area (Å²) in [5, 5.41) is 0.882. The van der Waals surface area contributed by atoms with Gasteiger partial charge in [-0.15, -0.1) is 0 Å². The van der Waals surface area contributed by atoms with Gasteiger partial charge in [0.25, 0.3) is 0 Å². The molecular formula is C17H21ClFN3O2. The smallest absolute Gasteiger partial charge is 0.317 e. The number of nitrogens with zero attached hydrogens (tertiary/aromatic N) is 3. The van der Waals surface area contributed by atoms with Gasteiger partial charge in [0, 0.05) is 41.7 Å². The quantitative estimate of drug-likeness (QED) is 0.826. The van der Waals surface area contributed by atoms with Gasteiger partial charge >= 0.3 is 6.01 Å². The van der Waals surface area contributed by atoms with Crippen molar-refractivity contribution in [1.29, 1.82) is 0 Å². The highest BCUT2D eigenvalue weighted by Gasteiger charge is 2.21. The first-order valence-electron chi connectivity index (χ1n) is 8.09. The molecule has 1 aromatic carbocycles. The molecule has 0 unspecified atom stereocenters. The molecule has 2 heterocycles. The lowest BCUT2D eigenvalue weighted by Gasteiger charge is -2.34. The first kappa shape index (κ1) is 17.3. The van der Waals surface area contributed by atoms with Crippen LogP contribution in [0.4, 0.5) is 4.39 Å². The third kappa shape index (κ3) is 4.12. The molecule has 0 amide bonds. The van der Waals surface area contributed by atoms with Crippen molar-refractivity contribution in [2.75, 3.05) is 32.9 Å². The number of rotatable bonds is 5. The summed E-state index contributed by atoms with van der Waals surface area (Å²) in [5.74, 6) is -0.167. The Hall–Kier alpha value is -1.50. The van der Waals surface area contributed by atoms with E-state index >= 15 is 0 Å². The molecule has 0 N–H and O–H groups in total. The lowest BCUT2D eigenvalue weighted by atomic mass is 10.1. The second-order valence-corrected chi connectivity index (χ2v) is 6.75. The molecule has 3 rings (SSSR count). The lowest BCUT2D eigenvalue weighted by molar-refractivity contribution is -0.00910. The highest BCUT2D eigenvalue weighted by atomic mass is 35.5. The Morgan fingerprint density at radius 1 is 1.50 bits per heavy atom. The van der Waals surface area contributed by atoms with E-state index in [0.717, 1.165) is 26.3 Å². The number of halogens is 2. The Bertz CT molecular complexity index is 716. The summed E-state index contributed by atoms with van der Waals surface area (Å²) in [6.45, 7) is 8.14. The van der Waals surface area contributed by atoms with Crippen molar-refractivity contribution in [2.24, 2.45) is 5.92 Å². The van der Waals surface area contributed by atoms with Gasteiger partial charge in [-0.1, -0.05) is 18.5 Å². The van der Waals surface area contributed by atoms with Crippen molar-refractivity contribution in [1.82, 2.24) is 14.9 Å². The van der Waals surface area contributed by atoms with Crippen LogP contribution in [0.2, 0.25) is 5.02 Å². The molecule has 0 radical (unpaired) electrons. The first-order valence-corrected chi connectivity index (χ1v) is 8.47. The van der Waals surface area contributed by atoms with Gasteiger partial charge in [0.2, 0.25) is 0 Å². The Morgan fingerprint density at radius 2 is 2.33 bits per heavy atom.